The maximum atomic E-state index is 12.5. The van der Waals surface area contributed by atoms with Gasteiger partial charge in [-0.1, -0.05) is 31.0 Å². The van der Waals surface area contributed by atoms with E-state index in [9.17, 15) is 9.59 Å². The summed E-state index contributed by atoms with van der Waals surface area (Å²) in [5, 5.41) is 5.55. The van der Waals surface area contributed by atoms with Gasteiger partial charge in [-0.2, -0.15) is 0 Å². The van der Waals surface area contributed by atoms with Crippen LogP contribution in [0.15, 0.2) is 30.3 Å². The highest BCUT2D eigenvalue weighted by atomic mass is 16.5. The number of amides is 2. The lowest BCUT2D eigenvalue weighted by Crippen LogP contribution is -2.33. The van der Waals surface area contributed by atoms with Crippen LogP contribution in [0, 0.1) is 20.8 Å². The summed E-state index contributed by atoms with van der Waals surface area (Å²) in [5.74, 6) is 0.521. The number of rotatable bonds is 10. The molecule has 2 aromatic carbocycles. The molecule has 0 radical (unpaired) electrons. The average Bonchev–Trinajstić information content (AvgIpc) is 2.70. The van der Waals surface area contributed by atoms with Crippen LogP contribution in [0.5, 0.6) is 11.5 Å². The van der Waals surface area contributed by atoms with E-state index >= 15 is 0 Å². The molecule has 0 saturated carbocycles. The molecular formula is C24H32N2O4. The Labute approximate surface area is 179 Å². The molecule has 0 bridgehead atoms. The Morgan fingerprint density at radius 3 is 2.27 bits per heavy atom. The first-order valence-electron chi connectivity index (χ1n) is 10.4. The van der Waals surface area contributed by atoms with Crippen LogP contribution in [0.2, 0.25) is 0 Å². The molecule has 0 spiro atoms. The summed E-state index contributed by atoms with van der Waals surface area (Å²) in [6, 6.07) is 9.08. The number of hydrogen-bond donors (Lipinski definition) is 2. The molecule has 6 nitrogen and oxygen atoms in total. The first kappa shape index (κ1) is 23.3. The van der Waals surface area contributed by atoms with Gasteiger partial charge in [0.05, 0.1) is 19.8 Å². The molecule has 0 atom stereocenters. The fourth-order valence-corrected chi connectivity index (χ4v) is 3.19. The van der Waals surface area contributed by atoms with E-state index in [0.29, 0.717) is 30.3 Å². The number of carbonyl (C=O) groups excluding carboxylic acids is 2. The van der Waals surface area contributed by atoms with Gasteiger partial charge in [-0.15, -0.1) is 0 Å². The summed E-state index contributed by atoms with van der Waals surface area (Å²) in [4.78, 5) is 24.9. The van der Waals surface area contributed by atoms with E-state index in [0.717, 1.165) is 35.2 Å². The predicted octanol–water partition coefficient (Wildman–Crippen LogP) is 4.56. The average molecular weight is 413 g/mol. The number of anilines is 1. The van der Waals surface area contributed by atoms with Crippen molar-refractivity contribution in [3.63, 3.8) is 0 Å². The fourth-order valence-electron chi connectivity index (χ4n) is 3.19. The summed E-state index contributed by atoms with van der Waals surface area (Å²) in [6.45, 7) is 10.8. The summed E-state index contributed by atoms with van der Waals surface area (Å²) in [7, 11) is 0. The minimum absolute atomic E-state index is 0.121. The van der Waals surface area contributed by atoms with Gasteiger partial charge < -0.3 is 20.1 Å². The van der Waals surface area contributed by atoms with E-state index < -0.39 is 0 Å². The molecule has 0 unspecified atom stereocenters. The summed E-state index contributed by atoms with van der Waals surface area (Å²) in [5.41, 5.74) is 4.33. The van der Waals surface area contributed by atoms with Gasteiger partial charge in [-0.3, -0.25) is 9.59 Å². The third kappa shape index (κ3) is 6.51. The molecule has 0 aliphatic carbocycles. The van der Waals surface area contributed by atoms with E-state index in [4.69, 9.17) is 9.47 Å². The van der Waals surface area contributed by atoms with Gasteiger partial charge in [0.15, 0.2) is 11.5 Å². The van der Waals surface area contributed by atoms with Crippen LogP contribution in [-0.2, 0) is 4.79 Å². The first-order valence-corrected chi connectivity index (χ1v) is 10.4. The standard InChI is InChI=1S/C24H32N2O4/c1-6-8-11-30-20-10-9-19(14-21(20)29-7-2)24(28)25-15-22(27)26-23-17(4)12-16(3)13-18(23)5/h9-10,12-14H,6-8,11,15H2,1-5H3,(H,25,28)(H,26,27). The van der Waals surface area contributed by atoms with Gasteiger partial charge in [0.25, 0.3) is 5.91 Å². The van der Waals surface area contributed by atoms with Crippen molar-refractivity contribution < 1.29 is 19.1 Å². The predicted molar refractivity (Wildman–Crippen MR) is 120 cm³/mol. The fraction of sp³-hybridized carbons (Fsp3) is 0.417. The Kier molecular flexibility index (Phi) is 8.71. The number of benzene rings is 2. The molecule has 0 aliphatic rings. The van der Waals surface area contributed by atoms with E-state index in [2.05, 4.69) is 17.6 Å². The second-order valence-corrected chi connectivity index (χ2v) is 7.30. The van der Waals surface area contributed by atoms with Gasteiger partial charge in [0.2, 0.25) is 5.91 Å². The minimum Gasteiger partial charge on any atom is -0.490 e. The van der Waals surface area contributed by atoms with Gasteiger partial charge in [0.1, 0.15) is 0 Å². The normalized spacial score (nSPS) is 10.4. The van der Waals surface area contributed by atoms with E-state index in [-0.39, 0.29) is 18.4 Å². The number of hydrogen-bond acceptors (Lipinski definition) is 4. The van der Waals surface area contributed by atoms with Crippen molar-refractivity contribution in [3.05, 3.63) is 52.6 Å². The first-order chi connectivity index (χ1) is 14.3. The van der Waals surface area contributed by atoms with Gasteiger partial charge >= 0.3 is 0 Å². The number of unbranched alkanes of at least 4 members (excludes halogenated alkanes) is 1. The summed E-state index contributed by atoms with van der Waals surface area (Å²) in [6.07, 6.45) is 1.98. The third-order valence-corrected chi connectivity index (χ3v) is 4.61. The number of ether oxygens (including phenoxy) is 2. The Hall–Kier alpha value is -3.02. The van der Waals surface area contributed by atoms with Crippen LogP contribution in [0.4, 0.5) is 5.69 Å². The van der Waals surface area contributed by atoms with Crippen molar-refractivity contribution in [2.75, 3.05) is 25.1 Å². The molecule has 0 fully saturated rings. The second kappa shape index (κ2) is 11.2. The Morgan fingerprint density at radius 2 is 1.63 bits per heavy atom. The van der Waals surface area contributed by atoms with Crippen LogP contribution < -0.4 is 20.1 Å². The minimum atomic E-state index is -0.344. The van der Waals surface area contributed by atoms with Crippen molar-refractivity contribution >= 4 is 17.5 Å². The van der Waals surface area contributed by atoms with E-state index in [1.165, 1.54) is 0 Å². The molecule has 2 aromatic rings. The van der Waals surface area contributed by atoms with Crippen LogP contribution in [-0.4, -0.2) is 31.6 Å². The van der Waals surface area contributed by atoms with Crippen molar-refractivity contribution in [1.29, 1.82) is 0 Å². The molecule has 2 N–H and O–H groups in total. The van der Waals surface area contributed by atoms with Crippen LogP contribution in [0.1, 0.15) is 53.7 Å². The van der Waals surface area contributed by atoms with Crippen LogP contribution >= 0.6 is 0 Å². The molecule has 30 heavy (non-hydrogen) atoms. The summed E-state index contributed by atoms with van der Waals surface area (Å²) >= 11 is 0. The van der Waals surface area contributed by atoms with Crippen molar-refractivity contribution in [3.8, 4) is 11.5 Å². The van der Waals surface area contributed by atoms with Crippen LogP contribution in [0.3, 0.4) is 0 Å². The maximum absolute atomic E-state index is 12.5. The highest BCUT2D eigenvalue weighted by Gasteiger charge is 2.14. The molecule has 0 aromatic heterocycles. The molecule has 6 heteroatoms. The smallest absolute Gasteiger partial charge is 0.251 e. The monoisotopic (exact) mass is 412 g/mol. The topological polar surface area (TPSA) is 76.7 Å². The van der Waals surface area contributed by atoms with E-state index in [1.54, 1.807) is 18.2 Å². The quantitative estimate of drug-likeness (QED) is 0.561. The number of nitrogens with one attached hydrogen (secondary N) is 2. The molecule has 162 valence electrons. The zero-order valence-corrected chi connectivity index (χ0v) is 18.6. The molecule has 0 aliphatic heterocycles. The van der Waals surface area contributed by atoms with Gasteiger partial charge in [0, 0.05) is 11.3 Å². The Morgan fingerprint density at radius 1 is 0.933 bits per heavy atom. The lowest BCUT2D eigenvalue weighted by Gasteiger charge is -2.14. The molecule has 0 heterocycles. The molecule has 2 rings (SSSR count). The zero-order chi connectivity index (χ0) is 22.1. The Bertz CT molecular complexity index is 870. The lowest BCUT2D eigenvalue weighted by molar-refractivity contribution is -0.115. The van der Waals surface area contributed by atoms with Gasteiger partial charge in [-0.05, 0) is 63.4 Å². The molecule has 2 amide bonds. The largest absolute Gasteiger partial charge is 0.490 e. The van der Waals surface area contributed by atoms with E-state index in [1.807, 2.05) is 39.8 Å². The zero-order valence-electron chi connectivity index (χ0n) is 18.6. The summed E-state index contributed by atoms with van der Waals surface area (Å²) < 4.78 is 11.4. The third-order valence-electron chi connectivity index (χ3n) is 4.61. The lowest BCUT2D eigenvalue weighted by atomic mass is 10.1. The van der Waals surface area contributed by atoms with Crippen molar-refractivity contribution in [2.24, 2.45) is 0 Å². The van der Waals surface area contributed by atoms with Crippen LogP contribution in [0.25, 0.3) is 0 Å². The number of aryl methyl sites for hydroxylation is 3. The van der Waals surface area contributed by atoms with Crippen molar-refractivity contribution in [2.45, 2.75) is 47.5 Å². The number of carbonyl (C=O) groups is 2. The molecule has 0 saturated heterocycles. The second-order valence-electron chi connectivity index (χ2n) is 7.30. The van der Waals surface area contributed by atoms with Crippen molar-refractivity contribution in [1.82, 2.24) is 5.32 Å². The Balaban J connectivity index is 2.00. The highest BCUT2D eigenvalue weighted by molar-refractivity contribution is 6.00. The molecular weight excluding hydrogens is 380 g/mol. The SMILES string of the molecule is CCCCOc1ccc(C(=O)NCC(=O)Nc2c(C)cc(C)cc2C)cc1OCC. The van der Waals surface area contributed by atoms with Gasteiger partial charge in [-0.25, -0.2) is 0 Å². The maximum Gasteiger partial charge on any atom is 0.251 e. The highest BCUT2D eigenvalue weighted by Crippen LogP contribution is 2.29.